The number of rotatable bonds is 4. The molecule has 5 nitrogen and oxygen atoms in total. The lowest BCUT2D eigenvalue weighted by atomic mass is 9.89. The lowest BCUT2D eigenvalue weighted by Gasteiger charge is -2.28. The summed E-state index contributed by atoms with van der Waals surface area (Å²) in [5.74, 6) is -1.43. The summed E-state index contributed by atoms with van der Waals surface area (Å²) in [5, 5.41) is 5.58. The van der Waals surface area contributed by atoms with Crippen LogP contribution in [0.15, 0.2) is 18.2 Å². The van der Waals surface area contributed by atoms with Crippen molar-refractivity contribution in [2.75, 3.05) is 31.5 Å². The third kappa shape index (κ3) is 3.88. The molecule has 1 saturated heterocycles. The Morgan fingerprint density at radius 1 is 1.30 bits per heavy atom. The molecule has 3 rings (SSSR count). The second kappa shape index (κ2) is 7.08. The Labute approximate surface area is 135 Å². The predicted octanol–water partition coefficient (Wildman–Crippen LogP) is 1.85. The molecule has 0 radical (unpaired) electrons. The standard InChI is InChI=1S/C17H22FN3O2/c18-12-4-5-15-13(10-12)14(11-16(22)20-15)17(23)19-6-9-21-7-2-1-3-8-21/h4-5,10,14H,1-3,6-9,11H2,(H,19,23)(H,20,22)/t14-/m1/s1. The van der Waals surface area contributed by atoms with Gasteiger partial charge in [-0.15, -0.1) is 0 Å². The van der Waals surface area contributed by atoms with Gasteiger partial charge in [-0.05, 0) is 49.7 Å². The van der Waals surface area contributed by atoms with Gasteiger partial charge in [-0.25, -0.2) is 4.39 Å². The number of nitrogens with one attached hydrogen (secondary N) is 2. The molecule has 2 heterocycles. The third-order valence-electron chi connectivity index (χ3n) is 4.55. The highest BCUT2D eigenvalue weighted by atomic mass is 19.1. The van der Waals surface area contributed by atoms with Gasteiger partial charge in [0, 0.05) is 25.2 Å². The zero-order valence-corrected chi connectivity index (χ0v) is 13.1. The smallest absolute Gasteiger partial charge is 0.228 e. The number of nitrogens with zero attached hydrogens (tertiary/aromatic N) is 1. The van der Waals surface area contributed by atoms with Crippen molar-refractivity contribution < 1.29 is 14.0 Å². The molecule has 1 aromatic rings. The first kappa shape index (κ1) is 15.9. The third-order valence-corrected chi connectivity index (χ3v) is 4.55. The molecule has 6 heteroatoms. The van der Waals surface area contributed by atoms with Gasteiger partial charge in [0.25, 0.3) is 0 Å². The minimum Gasteiger partial charge on any atom is -0.354 e. The first-order valence-corrected chi connectivity index (χ1v) is 8.23. The van der Waals surface area contributed by atoms with Crippen LogP contribution in [-0.2, 0) is 9.59 Å². The van der Waals surface area contributed by atoms with Crippen LogP contribution in [0.4, 0.5) is 10.1 Å². The van der Waals surface area contributed by atoms with Gasteiger partial charge >= 0.3 is 0 Å². The lowest BCUT2D eigenvalue weighted by Crippen LogP contribution is -2.40. The molecule has 2 aliphatic rings. The molecule has 0 unspecified atom stereocenters. The first-order chi connectivity index (χ1) is 11.1. The summed E-state index contributed by atoms with van der Waals surface area (Å²) in [6.45, 7) is 3.54. The summed E-state index contributed by atoms with van der Waals surface area (Å²) < 4.78 is 13.5. The summed E-state index contributed by atoms with van der Waals surface area (Å²) in [6.07, 6.45) is 3.77. The highest BCUT2D eigenvalue weighted by Crippen LogP contribution is 2.32. The van der Waals surface area contributed by atoms with Crippen LogP contribution < -0.4 is 10.6 Å². The number of carbonyl (C=O) groups excluding carboxylic acids is 2. The van der Waals surface area contributed by atoms with Crippen LogP contribution in [0.5, 0.6) is 0 Å². The number of hydrogen-bond acceptors (Lipinski definition) is 3. The fraction of sp³-hybridized carbons (Fsp3) is 0.529. The van der Waals surface area contributed by atoms with Gasteiger partial charge in [0.05, 0.1) is 5.92 Å². The van der Waals surface area contributed by atoms with Crippen molar-refractivity contribution in [3.8, 4) is 0 Å². The summed E-state index contributed by atoms with van der Waals surface area (Å²) in [6, 6.07) is 4.13. The Morgan fingerprint density at radius 3 is 2.87 bits per heavy atom. The van der Waals surface area contributed by atoms with Crippen molar-refractivity contribution in [3.05, 3.63) is 29.6 Å². The monoisotopic (exact) mass is 319 g/mol. The number of carbonyl (C=O) groups is 2. The van der Waals surface area contributed by atoms with Gasteiger partial charge in [-0.2, -0.15) is 0 Å². The minimum atomic E-state index is -0.615. The van der Waals surface area contributed by atoms with E-state index in [1.807, 2.05) is 0 Å². The Balaban J connectivity index is 1.60. The van der Waals surface area contributed by atoms with E-state index in [0.29, 0.717) is 17.8 Å². The largest absolute Gasteiger partial charge is 0.354 e. The normalized spacial score (nSPS) is 21.4. The fourth-order valence-corrected chi connectivity index (χ4v) is 3.31. The maximum atomic E-state index is 13.5. The number of fused-ring (bicyclic) bond motifs is 1. The molecule has 2 N–H and O–H groups in total. The molecule has 23 heavy (non-hydrogen) atoms. The second-order valence-corrected chi connectivity index (χ2v) is 6.23. The quantitative estimate of drug-likeness (QED) is 0.890. The van der Waals surface area contributed by atoms with Crippen molar-refractivity contribution >= 4 is 17.5 Å². The van der Waals surface area contributed by atoms with Crippen LogP contribution in [0.3, 0.4) is 0 Å². The van der Waals surface area contributed by atoms with E-state index in [-0.39, 0.29) is 18.2 Å². The highest BCUT2D eigenvalue weighted by molar-refractivity contribution is 6.01. The van der Waals surface area contributed by atoms with Crippen LogP contribution in [0.1, 0.15) is 37.2 Å². The Hall–Kier alpha value is -1.95. The van der Waals surface area contributed by atoms with Gasteiger partial charge < -0.3 is 15.5 Å². The second-order valence-electron chi connectivity index (χ2n) is 6.23. The number of hydrogen-bond donors (Lipinski definition) is 2. The molecule has 1 aromatic carbocycles. The van der Waals surface area contributed by atoms with Gasteiger partial charge in [0.2, 0.25) is 11.8 Å². The molecule has 0 aromatic heterocycles. The van der Waals surface area contributed by atoms with E-state index >= 15 is 0 Å². The lowest BCUT2D eigenvalue weighted by molar-refractivity contribution is -0.126. The van der Waals surface area contributed by atoms with E-state index in [1.54, 1.807) is 0 Å². The van der Waals surface area contributed by atoms with E-state index in [0.717, 1.165) is 19.6 Å². The summed E-state index contributed by atoms with van der Waals surface area (Å²) in [7, 11) is 0. The van der Waals surface area contributed by atoms with E-state index < -0.39 is 11.7 Å². The van der Waals surface area contributed by atoms with Crippen molar-refractivity contribution in [2.24, 2.45) is 0 Å². The van der Waals surface area contributed by atoms with E-state index in [1.165, 1.54) is 37.5 Å². The molecule has 2 amide bonds. The topological polar surface area (TPSA) is 61.4 Å². The van der Waals surface area contributed by atoms with Crippen molar-refractivity contribution in [2.45, 2.75) is 31.6 Å². The SMILES string of the molecule is O=C1C[C@@H](C(=O)NCCN2CCCCC2)c2cc(F)ccc2N1. The molecule has 124 valence electrons. The number of halogens is 1. The number of likely N-dealkylation sites (tertiary alicyclic amines) is 1. The van der Waals surface area contributed by atoms with E-state index in [4.69, 9.17) is 0 Å². The van der Waals surface area contributed by atoms with E-state index in [9.17, 15) is 14.0 Å². The predicted molar refractivity (Wildman–Crippen MR) is 85.7 cm³/mol. The summed E-state index contributed by atoms with van der Waals surface area (Å²) >= 11 is 0. The van der Waals surface area contributed by atoms with Crippen molar-refractivity contribution in [1.29, 1.82) is 0 Å². The molecule has 2 aliphatic heterocycles. The Kier molecular flexibility index (Phi) is 4.91. The molecule has 0 bridgehead atoms. The molecule has 1 atom stereocenters. The Morgan fingerprint density at radius 2 is 2.09 bits per heavy atom. The zero-order chi connectivity index (χ0) is 16.2. The minimum absolute atomic E-state index is 0.0615. The first-order valence-electron chi connectivity index (χ1n) is 8.23. The number of amides is 2. The van der Waals surface area contributed by atoms with Crippen molar-refractivity contribution in [3.63, 3.8) is 0 Å². The van der Waals surface area contributed by atoms with Gasteiger partial charge in [0.15, 0.2) is 0 Å². The highest BCUT2D eigenvalue weighted by Gasteiger charge is 2.30. The molecule has 0 saturated carbocycles. The van der Waals surface area contributed by atoms with Gasteiger partial charge in [0.1, 0.15) is 5.82 Å². The molecule has 0 spiro atoms. The molecule has 0 aliphatic carbocycles. The van der Waals surface area contributed by atoms with Crippen LogP contribution in [-0.4, -0.2) is 42.9 Å². The number of piperidine rings is 1. The van der Waals surface area contributed by atoms with Crippen molar-refractivity contribution in [1.82, 2.24) is 10.2 Å². The molecule has 1 fully saturated rings. The van der Waals surface area contributed by atoms with Crippen LogP contribution in [0, 0.1) is 5.82 Å². The maximum Gasteiger partial charge on any atom is 0.228 e. The summed E-state index contributed by atoms with van der Waals surface area (Å²) in [5.41, 5.74) is 1.08. The average Bonchev–Trinajstić information content (AvgIpc) is 2.55. The average molecular weight is 319 g/mol. The van der Waals surface area contributed by atoms with Crippen LogP contribution in [0.25, 0.3) is 0 Å². The fourth-order valence-electron chi connectivity index (χ4n) is 3.31. The van der Waals surface area contributed by atoms with Gasteiger partial charge in [-0.3, -0.25) is 9.59 Å². The Bertz CT molecular complexity index is 600. The van der Waals surface area contributed by atoms with Crippen LogP contribution >= 0.6 is 0 Å². The summed E-state index contributed by atoms with van der Waals surface area (Å²) in [4.78, 5) is 26.5. The van der Waals surface area contributed by atoms with Gasteiger partial charge in [-0.1, -0.05) is 6.42 Å². The van der Waals surface area contributed by atoms with E-state index in [2.05, 4.69) is 15.5 Å². The van der Waals surface area contributed by atoms with Crippen LogP contribution in [0.2, 0.25) is 0 Å². The number of anilines is 1. The zero-order valence-electron chi connectivity index (χ0n) is 13.1. The number of benzene rings is 1. The molecular weight excluding hydrogens is 297 g/mol. The maximum absolute atomic E-state index is 13.5. The molecular formula is C17H22FN3O2.